The van der Waals surface area contributed by atoms with Crippen molar-refractivity contribution in [2.75, 3.05) is 7.11 Å². The molecule has 14 heavy (non-hydrogen) atoms. The molecule has 2 nitrogen and oxygen atoms in total. The number of ether oxygens (including phenoxy) is 1. The van der Waals surface area contributed by atoms with Gasteiger partial charge in [-0.05, 0) is 12.1 Å². The fraction of sp³-hybridized carbons (Fsp3) is 0.333. The highest BCUT2D eigenvalue weighted by molar-refractivity contribution is 6.31. The van der Waals surface area contributed by atoms with Crippen molar-refractivity contribution in [1.29, 1.82) is 0 Å². The van der Waals surface area contributed by atoms with Crippen LogP contribution in [-0.2, 0) is 0 Å². The normalized spacial score (nSPS) is 13.0. The van der Waals surface area contributed by atoms with Gasteiger partial charge < -0.3 is 10.5 Å². The SMILES string of the molecule is COc1cccc(Cl)c1C(N)C(F)F. The van der Waals surface area contributed by atoms with Gasteiger partial charge in [0, 0.05) is 10.6 Å². The van der Waals surface area contributed by atoms with E-state index in [0.717, 1.165) is 0 Å². The van der Waals surface area contributed by atoms with Crippen LogP contribution in [0.15, 0.2) is 18.2 Å². The summed E-state index contributed by atoms with van der Waals surface area (Å²) in [5.74, 6) is 0.283. The number of rotatable bonds is 3. The van der Waals surface area contributed by atoms with Crippen LogP contribution in [0.3, 0.4) is 0 Å². The first-order valence-corrected chi connectivity index (χ1v) is 4.32. The molecule has 0 spiro atoms. The van der Waals surface area contributed by atoms with E-state index < -0.39 is 12.5 Å². The maximum Gasteiger partial charge on any atom is 0.257 e. The number of hydrogen-bond donors (Lipinski definition) is 1. The zero-order valence-electron chi connectivity index (χ0n) is 7.51. The lowest BCUT2D eigenvalue weighted by Crippen LogP contribution is -2.20. The minimum Gasteiger partial charge on any atom is -0.496 e. The van der Waals surface area contributed by atoms with Gasteiger partial charge in [-0.3, -0.25) is 0 Å². The Hall–Kier alpha value is -0.870. The number of methoxy groups -OCH3 is 1. The van der Waals surface area contributed by atoms with Gasteiger partial charge in [0.2, 0.25) is 0 Å². The van der Waals surface area contributed by atoms with E-state index in [-0.39, 0.29) is 16.3 Å². The fourth-order valence-electron chi connectivity index (χ4n) is 1.14. The maximum atomic E-state index is 12.4. The second kappa shape index (κ2) is 4.57. The van der Waals surface area contributed by atoms with E-state index in [1.54, 1.807) is 12.1 Å². The third kappa shape index (κ3) is 2.13. The first-order valence-electron chi connectivity index (χ1n) is 3.94. The second-order valence-electron chi connectivity index (χ2n) is 2.72. The molecule has 0 radical (unpaired) electrons. The van der Waals surface area contributed by atoms with E-state index >= 15 is 0 Å². The van der Waals surface area contributed by atoms with Crippen LogP contribution in [0.5, 0.6) is 5.75 Å². The first kappa shape index (κ1) is 11.2. The highest BCUT2D eigenvalue weighted by Crippen LogP contribution is 2.33. The summed E-state index contributed by atoms with van der Waals surface area (Å²) >= 11 is 5.75. The van der Waals surface area contributed by atoms with Crippen LogP contribution in [0, 0.1) is 0 Å². The summed E-state index contributed by atoms with van der Waals surface area (Å²) in [6.45, 7) is 0. The minimum atomic E-state index is -2.66. The Balaban J connectivity index is 3.16. The van der Waals surface area contributed by atoms with Crippen LogP contribution in [0.4, 0.5) is 8.78 Å². The van der Waals surface area contributed by atoms with Gasteiger partial charge in [0.1, 0.15) is 5.75 Å². The Morgan fingerprint density at radius 2 is 2.07 bits per heavy atom. The first-order chi connectivity index (χ1) is 6.57. The minimum absolute atomic E-state index is 0.145. The molecule has 1 rings (SSSR count). The molecule has 1 aromatic carbocycles. The second-order valence-corrected chi connectivity index (χ2v) is 3.12. The van der Waals surface area contributed by atoms with Crippen LogP contribution in [-0.4, -0.2) is 13.5 Å². The van der Waals surface area contributed by atoms with Crippen molar-refractivity contribution in [3.05, 3.63) is 28.8 Å². The van der Waals surface area contributed by atoms with Crippen molar-refractivity contribution >= 4 is 11.6 Å². The number of alkyl halides is 2. The molecular formula is C9H10ClF2NO. The molecular weight excluding hydrogens is 212 g/mol. The molecule has 2 N–H and O–H groups in total. The Morgan fingerprint density at radius 3 is 2.57 bits per heavy atom. The van der Waals surface area contributed by atoms with E-state index in [1.807, 2.05) is 0 Å². The lowest BCUT2D eigenvalue weighted by atomic mass is 10.1. The summed E-state index contributed by atoms with van der Waals surface area (Å²) < 4.78 is 29.6. The van der Waals surface area contributed by atoms with E-state index in [2.05, 4.69) is 0 Å². The molecule has 1 atom stereocenters. The Bertz CT molecular complexity index is 320. The predicted molar refractivity (Wildman–Crippen MR) is 50.9 cm³/mol. The van der Waals surface area contributed by atoms with Crippen LogP contribution < -0.4 is 10.5 Å². The molecule has 0 fully saturated rings. The van der Waals surface area contributed by atoms with Crippen molar-refractivity contribution < 1.29 is 13.5 Å². The average Bonchev–Trinajstić information content (AvgIpc) is 2.16. The van der Waals surface area contributed by atoms with Crippen molar-refractivity contribution in [3.8, 4) is 5.75 Å². The van der Waals surface area contributed by atoms with Crippen LogP contribution in [0.1, 0.15) is 11.6 Å². The van der Waals surface area contributed by atoms with Gasteiger partial charge in [-0.25, -0.2) is 8.78 Å². The topological polar surface area (TPSA) is 35.2 Å². The lowest BCUT2D eigenvalue weighted by Gasteiger charge is -2.16. The Morgan fingerprint density at radius 1 is 1.43 bits per heavy atom. The van der Waals surface area contributed by atoms with Crippen molar-refractivity contribution in [2.45, 2.75) is 12.5 Å². The molecule has 0 aliphatic carbocycles. The molecule has 0 saturated carbocycles. The van der Waals surface area contributed by atoms with E-state index in [4.69, 9.17) is 22.1 Å². The lowest BCUT2D eigenvalue weighted by molar-refractivity contribution is 0.115. The molecule has 5 heteroatoms. The van der Waals surface area contributed by atoms with Gasteiger partial charge in [0.15, 0.2) is 0 Å². The number of benzene rings is 1. The van der Waals surface area contributed by atoms with Gasteiger partial charge in [-0.2, -0.15) is 0 Å². The summed E-state index contributed by atoms with van der Waals surface area (Å²) in [5.41, 5.74) is 5.45. The number of hydrogen-bond acceptors (Lipinski definition) is 2. The molecule has 78 valence electrons. The molecule has 0 heterocycles. The van der Waals surface area contributed by atoms with E-state index in [0.29, 0.717) is 0 Å². The highest BCUT2D eigenvalue weighted by atomic mass is 35.5. The zero-order valence-corrected chi connectivity index (χ0v) is 8.26. The summed E-state index contributed by atoms with van der Waals surface area (Å²) in [6, 6.07) is 3.24. The van der Waals surface area contributed by atoms with Crippen LogP contribution in [0.25, 0.3) is 0 Å². The van der Waals surface area contributed by atoms with Gasteiger partial charge in [-0.15, -0.1) is 0 Å². The number of nitrogens with two attached hydrogens (primary N) is 1. The van der Waals surface area contributed by atoms with Gasteiger partial charge in [0.05, 0.1) is 13.2 Å². The smallest absolute Gasteiger partial charge is 0.257 e. The monoisotopic (exact) mass is 221 g/mol. The third-order valence-corrected chi connectivity index (χ3v) is 2.17. The standard InChI is InChI=1S/C9H10ClF2NO/c1-14-6-4-2-3-5(10)7(6)8(13)9(11)12/h2-4,8-9H,13H2,1H3. The van der Waals surface area contributed by atoms with Gasteiger partial charge >= 0.3 is 0 Å². The molecule has 1 unspecified atom stereocenters. The predicted octanol–water partition coefficient (Wildman–Crippen LogP) is 2.61. The van der Waals surface area contributed by atoms with Crippen molar-refractivity contribution in [3.63, 3.8) is 0 Å². The molecule has 0 bridgehead atoms. The third-order valence-electron chi connectivity index (χ3n) is 1.84. The quantitative estimate of drug-likeness (QED) is 0.852. The molecule has 1 aromatic rings. The zero-order chi connectivity index (χ0) is 10.7. The Kier molecular flexibility index (Phi) is 3.66. The summed E-state index contributed by atoms with van der Waals surface area (Å²) in [6.07, 6.45) is -2.66. The van der Waals surface area contributed by atoms with Crippen LogP contribution in [0.2, 0.25) is 5.02 Å². The highest BCUT2D eigenvalue weighted by Gasteiger charge is 2.23. The number of halogens is 3. The summed E-state index contributed by atoms with van der Waals surface area (Å²) in [7, 11) is 1.38. The summed E-state index contributed by atoms with van der Waals surface area (Å²) in [5, 5.41) is 0.192. The molecule has 0 aliphatic rings. The maximum absolute atomic E-state index is 12.4. The molecule has 0 amide bonds. The molecule has 0 aliphatic heterocycles. The van der Waals surface area contributed by atoms with Crippen LogP contribution >= 0.6 is 11.6 Å². The van der Waals surface area contributed by atoms with E-state index in [1.165, 1.54) is 13.2 Å². The largest absolute Gasteiger partial charge is 0.496 e. The van der Waals surface area contributed by atoms with E-state index in [9.17, 15) is 8.78 Å². The van der Waals surface area contributed by atoms with Crippen molar-refractivity contribution in [2.24, 2.45) is 5.73 Å². The fourth-order valence-corrected chi connectivity index (χ4v) is 1.44. The van der Waals surface area contributed by atoms with Crippen molar-refractivity contribution in [1.82, 2.24) is 0 Å². The molecule has 0 saturated heterocycles. The van der Waals surface area contributed by atoms with Gasteiger partial charge in [-0.1, -0.05) is 17.7 Å². The summed E-state index contributed by atoms with van der Waals surface area (Å²) in [4.78, 5) is 0. The van der Waals surface area contributed by atoms with Gasteiger partial charge in [0.25, 0.3) is 6.43 Å². The average molecular weight is 222 g/mol. The molecule has 0 aromatic heterocycles. The Labute approximate surface area is 85.6 Å².